The van der Waals surface area contributed by atoms with Gasteiger partial charge in [-0.1, -0.05) is 53.1 Å². The number of sulfonamides is 3. The van der Waals surface area contributed by atoms with Gasteiger partial charge in [-0.3, -0.25) is 0 Å². The van der Waals surface area contributed by atoms with Crippen LogP contribution in [-0.2, 0) is 30.1 Å². The van der Waals surface area contributed by atoms with Gasteiger partial charge < -0.3 is 5.11 Å². The van der Waals surface area contributed by atoms with Gasteiger partial charge in [0.15, 0.2) is 0 Å². The molecular weight excluding hydrogens is 575 g/mol. The average Bonchev–Trinajstić information content (AvgIpc) is 2.90. The molecule has 218 valence electrons. The number of aliphatic hydroxyl groups is 1. The number of aryl methyl sites for hydroxylation is 3. The van der Waals surface area contributed by atoms with Gasteiger partial charge in [0.2, 0.25) is 30.1 Å². The molecule has 2 N–H and O–H groups in total. The summed E-state index contributed by atoms with van der Waals surface area (Å²) in [6, 6.07) is 18.6. The van der Waals surface area contributed by atoms with E-state index in [-0.39, 0.29) is 47.4 Å². The number of nitrogens with zero attached hydrogens (tertiary/aromatic N) is 2. The number of hydrogen-bond acceptors (Lipinski definition) is 7. The van der Waals surface area contributed by atoms with Crippen LogP contribution < -0.4 is 4.72 Å². The fourth-order valence-corrected chi connectivity index (χ4v) is 7.74. The van der Waals surface area contributed by atoms with Gasteiger partial charge in [-0.05, 0) is 57.2 Å². The van der Waals surface area contributed by atoms with E-state index >= 15 is 0 Å². The summed E-state index contributed by atoms with van der Waals surface area (Å²) in [5.74, 6) is 0. The zero-order valence-corrected chi connectivity index (χ0v) is 25.1. The normalized spacial score (nSPS) is 12.8. The van der Waals surface area contributed by atoms with Crippen molar-refractivity contribution >= 4 is 30.1 Å². The van der Waals surface area contributed by atoms with Crippen molar-refractivity contribution in [1.82, 2.24) is 13.3 Å². The molecule has 0 radical (unpaired) electrons. The maximum Gasteiger partial charge on any atom is 0.243 e. The molecule has 0 saturated heterocycles. The second-order valence-electron chi connectivity index (χ2n) is 9.37. The second-order valence-corrected chi connectivity index (χ2v) is 15.0. The summed E-state index contributed by atoms with van der Waals surface area (Å²) >= 11 is 0. The van der Waals surface area contributed by atoms with Crippen molar-refractivity contribution in [2.75, 3.05) is 39.3 Å². The van der Waals surface area contributed by atoms with Crippen molar-refractivity contribution in [2.24, 2.45) is 0 Å². The summed E-state index contributed by atoms with van der Waals surface area (Å²) in [7, 11) is -12.1. The molecule has 40 heavy (non-hydrogen) atoms. The molecule has 0 unspecified atom stereocenters. The lowest BCUT2D eigenvalue weighted by molar-refractivity contribution is 0.246. The van der Waals surface area contributed by atoms with E-state index in [9.17, 15) is 30.4 Å². The molecular formula is C27H35N3O7S3. The van der Waals surface area contributed by atoms with Gasteiger partial charge in [-0.2, -0.15) is 8.61 Å². The molecule has 0 heterocycles. The quantitative estimate of drug-likeness (QED) is 0.286. The summed E-state index contributed by atoms with van der Waals surface area (Å²) in [5.41, 5.74) is 2.62. The van der Waals surface area contributed by atoms with Crippen LogP contribution in [0.4, 0.5) is 0 Å². The predicted octanol–water partition coefficient (Wildman–Crippen LogP) is 2.26. The highest BCUT2D eigenvalue weighted by Gasteiger charge is 2.29. The number of benzene rings is 3. The first kappa shape index (κ1) is 31.9. The van der Waals surface area contributed by atoms with Crippen LogP contribution in [0.2, 0.25) is 0 Å². The van der Waals surface area contributed by atoms with Crippen molar-refractivity contribution in [3.8, 4) is 0 Å². The van der Waals surface area contributed by atoms with Crippen LogP contribution in [0.15, 0.2) is 87.5 Å². The topological polar surface area (TPSA) is 141 Å². The van der Waals surface area contributed by atoms with Crippen LogP contribution in [0.1, 0.15) is 16.7 Å². The molecule has 0 amide bonds. The Labute approximate surface area is 237 Å². The van der Waals surface area contributed by atoms with Gasteiger partial charge in [0, 0.05) is 32.7 Å². The Kier molecular flexibility index (Phi) is 10.6. The summed E-state index contributed by atoms with van der Waals surface area (Å²) in [6.07, 6.45) is 0. The Bertz CT molecular complexity index is 1590. The molecule has 0 aliphatic heterocycles. The average molecular weight is 610 g/mol. The zero-order valence-electron chi connectivity index (χ0n) is 22.7. The van der Waals surface area contributed by atoms with Crippen LogP contribution >= 0.6 is 0 Å². The molecule has 0 aromatic heterocycles. The largest absolute Gasteiger partial charge is 0.395 e. The van der Waals surface area contributed by atoms with Gasteiger partial charge in [-0.25, -0.2) is 30.0 Å². The van der Waals surface area contributed by atoms with Crippen molar-refractivity contribution in [2.45, 2.75) is 35.5 Å². The van der Waals surface area contributed by atoms with Gasteiger partial charge >= 0.3 is 0 Å². The van der Waals surface area contributed by atoms with Crippen LogP contribution in [0.3, 0.4) is 0 Å². The predicted molar refractivity (Wildman–Crippen MR) is 153 cm³/mol. The maximum absolute atomic E-state index is 13.6. The highest BCUT2D eigenvalue weighted by Crippen LogP contribution is 2.19. The molecule has 0 fully saturated rings. The van der Waals surface area contributed by atoms with Crippen molar-refractivity contribution in [3.63, 3.8) is 0 Å². The maximum atomic E-state index is 13.6. The third-order valence-corrected chi connectivity index (χ3v) is 11.6. The van der Waals surface area contributed by atoms with Crippen molar-refractivity contribution < 1.29 is 30.4 Å². The molecule has 10 nitrogen and oxygen atoms in total. The molecule has 0 atom stereocenters. The fraction of sp³-hybridized carbons (Fsp3) is 0.333. The third kappa shape index (κ3) is 7.97. The van der Waals surface area contributed by atoms with E-state index in [0.29, 0.717) is 0 Å². The van der Waals surface area contributed by atoms with Crippen LogP contribution in [0.25, 0.3) is 0 Å². The molecule has 3 aromatic carbocycles. The molecule has 0 aliphatic carbocycles. The van der Waals surface area contributed by atoms with Crippen LogP contribution in [-0.4, -0.2) is 78.3 Å². The SMILES string of the molecule is Cc1ccc(S(=O)(=O)NCCN(CCN(CCO)S(=O)(=O)c2ccc(C)cc2)S(=O)(=O)c2ccc(C)cc2)cc1. The van der Waals surface area contributed by atoms with Gasteiger partial charge in [0.05, 0.1) is 21.3 Å². The Morgan fingerprint density at radius 1 is 0.550 bits per heavy atom. The lowest BCUT2D eigenvalue weighted by Crippen LogP contribution is -2.44. The smallest absolute Gasteiger partial charge is 0.243 e. The van der Waals surface area contributed by atoms with Crippen molar-refractivity contribution in [1.29, 1.82) is 0 Å². The Morgan fingerprint density at radius 3 is 1.27 bits per heavy atom. The highest BCUT2D eigenvalue weighted by molar-refractivity contribution is 7.90. The zero-order chi connectivity index (χ0) is 29.6. The molecule has 3 aromatic rings. The molecule has 0 saturated carbocycles. The monoisotopic (exact) mass is 609 g/mol. The van der Waals surface area contributed by atoms with Crippen LogP contribution in [0, 0.1) is 20.8 Å². The number of aliphatic hydroxyl groups excluding tert-OH is 1. The first-order valence-corrected chi connectivity index (χ1v) is 16.9. The minimum absolute atomic E-state index is 0.00501. The van der Waals surface area contributed by atoms with E-state index in [1.54, 1.807) is 36.4 Å². The molecule has 3 rings (SSSR count). The summed E-state index contributed by atoms with van der Waals surface area (Å²) < 4.78 is 83.7. The molecule has 13 heteroatoms. The fourth-order valence-electron chi connectivity index (χ4n) is 3.86. The number of rotatable bonds is 14. The standard InChI is InChI=1S/C27H35N3O7S3/c1-22-4-10-25(11-5-22)38(32,33)28-16-17-29(39(34,35)26-12-6-23(2)7-13-26)18-19-30(20-21-31)40(36,37)27-14-8-24(3)9-15-27/h4-15,28,31H,16-21H2,1-3H3. The first-order chi connectivity index (χ1) is 18.8. The Morgan fingerprint density at radius 2 is 0.900 bits per heavy atom. The second kappa shape index (κ2) is 13.3. The number of hydrogen-bond donors (Lipinski definition) is 2. The lowest BCUT2D eigenvalue weighted by atomic mass is 10.2. The third-order valence-electron chi connectivity index (χ3n) is 6.25. The van der Waals surface area contributed by atoms with E-state index in [1.807, 2.05) is 20.8 Å². The molecule has 0 spiro atoms. The summed E-state index contributed by atoms with van der Waals surface area (Å²) in [5, 5.41) is 9.56. The van der Waals surface area contributed by atoms with Crippen molar-refractivity contribution in [3.05, 3.63) is 89.5 Å². The molecule has 0 aliphatic rings. The van der Waals surface area contributed by atoms with E-state index in [0.717, 1.165) is 25.3 Å². The van der Waals surface area contributed by atoms with Gasteiger partial charge in [0.25, 0.3) is 0 Å². The molecule has 0 bridgehead atoms. The van der Waals surface area contributed by atoms with Gasteiger partial charge in [0.1, 0.15) is 0 Å². The minimum atomic E-state index is -4.12. The highest BCUT2D eigenvalue weighted by atomic mass is 32.2. The number of nitrogens with one attached hydrogen (secondary N) is 1. The Balaban J connectivity index is 1.85. The Hall–Kier alpha value is -2.65. The summed E-state index contributed by atoms with van der Waals surface area (Å²) in [4.78, 5) is 0.0595. The minimum Gasteiger partial charge on any atom is -0.395 e. The van der Waals surface area contributed by atoms with E-state index in [1.165, 1.54) is 36.4 Å². The first-order valence-electron chi connectivity index (χ1n) is 12.6. The van der Waals surface area contributed by atoms with Crippen LogP contribution in [0.5, 0.6) is 0 Å². The van der Waals surface area contributed by atoms with E-state index in [4.69, 9.17) is 0 Å². The van der Waals surface area contributed by atoms with E-state index < -0.39 is 36.7 Å². The van der Waals surface area contributed by atoms with E-state index in [2.05, 4.69) is 4.72 Å². The summed E-state index contributed by atoms with van der Waals surface area (Å²) in [6.45, 7) is 3.74. The van der Waals surface area contributed by atoms with Gasteiger partial charge in [-0.15, -0.1) is 0 Å². The lowest BCUT2D eigenvalue weighted by Gasteiger charge is -2.27.